The third kappa shape index (κ3) is 70.0. The smallest absolute Gasteiger partial charge is 0.462 e. The maximum atomic E-state index is 13.1. The second-order valence-electron chi connectivity index (χ2n) is 28.0. The number of unbranched alkanes of at least 4 members (excludes halogenated alkanes) is 41. The molecule has 0 bridgehead atoms. The van der Waals surface area contributed by atoms with Gasteiger partial charge in [-0.2, -0.15) is 0 Å². The van der Waals surface area contributed by atoms with Crippen molar-refractivity contribution in [1.29, 1.82) is 0 Å². The molecule has 0 saturated heterocycles. The van der Waals surface area contributed by atoms with E-state index in [4.69, 9.17) is 37.0 Å². The third-order valence-electron chi connectivity index (χ3n) is 17.3. The van der Waals surface area contributed by atoms with Gasteiger partial charge in [0.2, 0.25) is 0 Å². The summed E-state index contributed by atoms with van der Waals surface area (Å²) in [4.78, 5) is 72.5. The molecule has 0 aromatic heterocycles. The average Bonchev–Trinajstić information content (AvgIpc) is 1.49. The summed E-state index contributed by atoms with van der Waals surface area (Å²) in [5.74, 6) is -0.550. The summed E-state index contributed by atoms with van der Waals surface area (Å²) in [6.45, 7) is 9.50. The van der Waals surface area contributed by atoms with Crippen LogP contribution in [-0.4, -0.2) is 96.7 Å². The lowest BCUT2D eigenvalue weighted by Gasteiger charge is -2.21. The number of phosphoric acid groups is 2. The van der Waals surface area contributed by atoms with Crippen molar-refractivity contribution in [2.24, 2.45) is 11.8 Å². The Hall–Kier alpha value is -2.46. The summed E-state index contributed by atoms with van der Waals surface area (Å²) in [7, 11) is -9.92. The number of ether oxygens (including phenoxy) is 4. The van der Waals surface area contributed by atoms with Gasteiger partial charge >= 0.3 is 39.5 Å². The van der Waals surface area contributed by atoms with Gasteiger partial charge in [0.1, 0.15) is 19.3 Å². The van der Waals surface area contributed by atoms with Crippen LogP contribution in [0.15, 0.2) is 24.3 Å². The molecule has 17 nitrogen and oxygen atoms in total. The number of hydrogen-bond acceptors (Lipinski definition) is 15. The molecule has 0 spiro atoms. The molecule has 0 rings (SSSR count). The van der Waals surface area contributed by atoms with E-state index in [1.165, 1.54) is 173 Å². The number of allylic oxidation sites excluding steroid dienone is 4. The number of rotatable bonds is 74. The van der Waals surface area contributed by atoms with Crippen LogP contribution in [0.4, 0.5) is 0 Å². The highest BCUT2D eigenvalue weighted by atomic mass is 31.2. The van der Waals surface area contributed by atoms with Gasteiger partial charge in [-0.25, -0.2) is 9.13 Å². The highest BCUT2D eigenvalue weighted by molar-refractivity contribution is 7.47. The van der Waals surface area contributed by atoms with Gasteiger partial charge in [0.15, 0.2) is 12.2 Å². The van der Waals surface area contributed by atoms with Crippen LogP contribution >= 0.6 is 15.6 Å². The number of phosphoric ester groups is 2. The Balaban J connectivity index is 5.17. The first-order valence-electron chi connectivity index (χ1n) is 39.3. The molecule has 0 aliphatic carbocycles. The maximum absolute atomic E-state index is 13.1. The van der Waals surface area contributed by atoms with E-state index in [2.05, 4.69) is 65.8 Å². The summed E-state index contributed by atoms with van der Waals surface area (Å²) >= 11 is 0. The van der Waals surface area contributed by atoms with Gasteiger partial charge < -0.3 is 33.8 Å². The highest BCUT2D eigenvalue weighted by Crippen LogP contribution is 2.45. The SMILES string of the molecule is CCCCCC/C=C\C=C/CCCCCCCC(=O)O[C@H](COC(=O)CCCCCCC)COP(=O)(O)OC[C@H](O)COP(=O)(O)OC[C@@H](COC(=O)CCCCCCCCCCCCCCCCC(C)C)OC(=O)CCCCCCCCCCCCCCCCCCC(C)C. The lowest BCUT2D eigenvalue weighted by Crippen LogP contribution is -2.30. The van der Waals surface area contributed by atoms with E-state index in [0.29, 0.717) is 25.7 Å². The number of carbonyl (C=O) groups is 4. The molecule has 566 valence electrons. The Morgan fingerprint density at radius 3 is 0.854 bits per heavy atom. The van der Waals surface area contributed by atoms with E-state index in [-0.39, 0.29) is 25.7 Å². The van der Waals surface area contributed by atoms with Crippen LogP contribution < -0.4 is 0 Å². The molecular formula is C77H146O17P2. The van der Waals surface area contributed by atoms with Crippen molar-refractivity contribution in [3.05, 3.63) is 24.3 Å². The van der Waals surface area contributed by atoms with Crippen molar-refractivity contribution in [3.63, 3.8) is 0 Å². The fraction of sp³-hybridized carbons (Fsp3) is 0.896. The molecule has 3 N–H and O–H groups in total. The fourth-order valence-electron chi connectivity index (χ4n) is 11.3. The normalized spacial score (nSPS) is 14.2. The van der Waals surface area contributed by atoms with Gasteiger partial charge in [-0.05, 0) is 63.2 Å². The molecular weight excluding hydrogens is 1260 g/mol. The summed E-state index contributed by atoms with van der Waals surface area (Å²) in [5, 5.41) is 10.6. The van der Waals surface area contributed by atoms with Crippen LogP contribution in [0.25, 0.3) is 0 Å². The van der Waals surface area contributed by atoms with Crippen molar-refractivity contribution in [3.8, 4) is 0 Å². The molecule has 0 saturated carbocycles. The van der Waals surface area contributed by atoms with Crippen molar-refractivity contribution in [1.82, 2.24) is 0 Å². The number of aliphatic hydroxyl groups excluding tert-OH is 1. The topological polar surface area (TPSA) is 237 Å². The minimum atomic E-state index is -4.96. The van der Waals surface area contributed by atoms with Gasteiger partial charge in [0.25, 0.3) is 0 Å². The molecule has 0 heterocycles. The Bertz CT molecular complexity index is 1950. The Kier molecular flexibility index (Phi) is 66.6. The summed E-state index contributed by atoms with van der Waals surface area (Å²) in [6, 6.07) is 0. The number of hydrogen-bond donors (Lipinski definition) is 3. The van der Waals surface area contributed by atoms with Crippen LogP contribution in [0.5, 0.6) is 0 Å². The first-order valence-corrected chi connectivity index (χ1v) is 42.3. The van der Waals surface area contributed by atoms with E-state index in [1.54, 1.807) is 0 Å². The van der Waals surface area contributed by atoms with E-state index < -0.39 is 97.5 Å². The van der Waals surface area contributed by atoms with E-state index in [0.717, 1.165) is 121 Å². The highest BCUT2D eigenvalue weighted by Gasteiger charge is 2.30. The van der Waals surface area contributed by atoms with Gasteiger partial charge in [0.05, 0.1) is 26.4 Å². The monoisotopic (exact) mass is 1410 g/mol. The first-order chi connectivity index (χ1) is 46.4. The second-order valence-corrected chi connectivity index (χ2v) is 30.9. The van der Waals surface area contributed by atoms with Crippen LogP contribution in [0.3, 0.4) is 0 Å². The zero-order valence-corrected chi connectivity index (χ0v) is 63.9. The van der Waals surface area contributed by atoms with Crippen molar-refractivity contribution >= 4 is 39.5 Å². The van der Waals surface area contributed by atoms with Gasteiger partial charge in [-0.3, -0.25) is 37.3 Å². The molecule has 0 aromatic rings. The van der Waals surface area contributed by atoms with Crippen molar-refractivity contribution in [2.75, 3.05) is 39.6 Å². The molecule has 0 aromatic carbocycles. The molecule has 0 aliphatic rings. The van der Waals surface area contributed by atoms with Crippen molar-refractivity contribution in [2.45, 2.75) is 394 Å². The van der Waals surface area contributed by atoms with Crippen LogP contribution in [0.1, 0.15) is 375 Å². The van der Waals surface area contributed by atoms with E-state index >= 15 is 0 Å². The van der Waals surface area contributed by atoms with Gasteiger partial charge in [-0.1, -0.05) is 323 Å². The zero-order valence-electron chi connectivity index (χ0n) is 62.2. The maximum Gasteiger partial charge on any atom is 0.472 e. The van der Waals surface area contributed by atoms with Crippen LogP contribution in [-0.2, 0) is 65.4 Å². The molecule has 19 heteroatoms. The van der Waals surface area contributed by atoms with Gasteiger partial charge in [-0.15, -0.1) is 0 Å². The minimum absolute atomic E-state index is 0.0841. The summed E-state index contributed by atoms with van der Waals surface area (Å²) < 4.78 is 68.3. The Morgan fingerprint density at radius 2 is 0.562 bits per heavy atom. The number of esters is 4. The van der Waals surface area contributed by atoms with Crippen LogP contribution in [0.2, 0.25) is 0 Å². The van der Waals surface area contributed by atoms with E-state index in [9.17, 15) is 43.2 Å². The van der Waals surface area contributed by atoms with Crippen LogP contribution in [0, 0.1) is 11.8 Å². The standard InChI is InChI=1S/C77H146O17P2/c1-7-9-11-13-14-15-16-17-20-28-33-38-43-49-55-61-76(81)93-72(65-87-74(79)59-53-45-12-10-8-2)67-91-95(83,84)89-63-71(78)64-90-96(85,86)92-68-73(66-88-75(80)60-54-48-42-37-32-27-24-23-26-31-36-41-47-52-58-70(5)6)94-77(82)62-56-50-44-39-34-29-22-19-18-21-25-30-35-40-46-51-57-69(3)4/h15-17,20,69-73,78H,7-14,18-19,21-68H2,1-6H3,(H,83,84)(H,85,86)/b16-15-,20-17-/t71-,72+,73+/m0/s1. The Morgan fingerprint density at radius 1 is 0.323 bits per heavy atom. The quantitative estimate of drug-likeness (QED) is 0.0169. The molecule has 0 aliphatic heterocycles. The number of aliphatic hydroxyl groups is 1. The molecule has 0 fully saturated rings. The molecule has 2 unspecified atom stereocenters. The molecule has 5 atom stereocenters. The molecule has 0 amide bonds. The summed E-state index contributed by atoms with van der Waals surface area (Å²) in [5.41, 5.74) is 0. The number of carbonyl (C=O) groups excluding carboxylic acids is 4. The third-order valence-corrected chi connectivity index (χ3v) is 19.2. The van der Waals surface area contributed by atoms with Crippen molar-refractivity contribution < 1.29 is 80.2 Å². The second kappa shape index (κ2) is 68.3. The minimum Gasteiger partial charge on any atom is -0.462 e. The largest absolute Gasteiger partial charge is 0.472 e. The molecule has 96 heavy (non-hydrogen) atoms. The lowest BCUT2D eigenvalue weighted by atomic mass is 10.0. The van der Waals surface area contributed by atoms with E-state index in [1.807, 2.05) is 0 Å². The lowest BCUT2D eigenvalue weighted by molar-refractivity contribution is -0.161. The summed E-state index contributed by atoms with van der Waals surface area (Å²) in [6.07, 6.45) is 59.5. The predicted octanol–water partition coefficient (Wildman–Crippen LogP) is 22.3. The van der Waals surface area contributed by atoms with Gasteiger partial charge in [0, 0.05) is 25.7 Å². The average molecular weight is 1410 g/mol. The Labute approximate surface area is 586 Å². The fourth-order valence-corrected chi connectivity index (χ4v) is 12.9. The zero-order chi connectivity index (χ0) is 70.7. The first kappa shape index (κ1) is 93.5. The molecule has 0 radical (unpaired) electrons. The predicted molar refractivity (Wildman–Crippen MR) is 391 cm³/mol.